The lowest BCUT2D eigenvalue weighted by atomic mass is 10.2. The first-order chi connectivity index (χ1) is 12.1. The van der Waals surface area contributed by atoms with Gasteiger partial charge in [0.15, 0.2) is 0 Å². The molecule has 0 heterocycles. The predicted octanol–water partition coefficient (Wildman–Crippen LogP) is 6.63. The number of aliphatic imine (C=N–C) groups is 1. The Morgan fingerprint density at radius 3 is 2.52 bits per heavy atom. The summed E-state index contributed by atoms with van der Waals surface area (Å²) in [5.41, 5.74) is 3.89. The average molecular weight is 370 g/mol. The van der Waals surface area contributed by atoms with E-state index in [1.54, 1.807) is 6.21 Å². The first-order valence-electron chi connectivity index (χ1n) is 7.88. The molecule has 0 saturated heterocycles. The smallest absolute Gasteiger partial charge is 0.120 e. The van der Waals surface area contributed by atoms with Gasteiger partial charge in [-0.25, -0.2) is 0 Å². The molecule has 4 heteroatoms. The van der Waals surface area contributed by atoms with E-state index in [1.807, 2.05) is 73.7 Å². The van der Waals surface area contributed by atoms with E-state index >= 15 is 0 Å². The molecule has 0 unspecified atom stereocenters. The number of hydrogen-bond donors (Lipinski definition) is 0. The van der Waals surface area contributed by atoms with Crippen LogP contribution in [0.1, 0.15) is 16.7 Å². The van der Waals surface area contributed by atoms with Crippen molar-refractivity contribution in [1.29, 1.82) is 0 Å². The number of hydrogen-bond acceptors (Lipinski definition) is 2. The van der Waals surface area contributed by atoms with Gasteiger partial charge in [0.25, 0.3) is 0 Å². The van der Waals surface area contributed by atoms with Crippen LogP contribution in [0, 0.1) is 6.92 Å². The van der Waals surface area contributed by atoms with Gasteiger partial charge in [-0.3, -0.25) is 4.99 Å². The molecule has 0 aliphatic rings. The van der Waals surface area contributed by atoms with E-state index < -0.39 is 0 Å². The zero-order valence-electron chi connectivity index (χ0n) is 13.7. The van der Waals surface area contributed by atoms with Gasteiger partial charge in [-0.05, 0) is 60.0 Å². The molecule has 3 aromatic carbocycles. The maximum Gasteiger partial charge on any atom is 0.120 e. The highest BCUT2D eigenvalue weighted by Gasteiger charge is 1.99. The van der Waals surface area contributed by atoms with Crippen molar-refractivity contribution in [1.82, 2.24) is 0 Å². The van der Waals surface area contributed by atoms with E-state index in [1.165, 1.54) is 0 Å². The summed E-state index contributed by atoms with van der Waals surface area (Å²) in [6.07, 6.45) is 1.80. The van der Waals surface area contributed by atoms with Crippen LogP contribution in [0.2, 0.25) is 10.0 Å². The maximum atomic E-state index is 6.13. The standard InChI is InChI=1S/C21H17Cl2NO/c1-15-5-10-19(12-21(15)23)24-13-17-3-2-4-20(11-17)25-14-16-6-8-18(22)9-7-16/h2-13H,14H2,1H3. The normalized spacial score (nSPS) is 11.0. The number of nitrogens with zero attached hydrogens (tertiary/aromatic N) is 1. The lowest BCUT2D eigenvalue weighted by molar-refractivity contribution is 0.306. The zero-order chi connectivity index (χ0) is 17.6. The topological polar surface area (TPSA) is 21.6 Å². The second kappa shape index (κ2) is 8.19. The van der Waals surface area contributed by atoms with Gasteiger partial charge < -0.3 is 4.74 Å². The molecule has 126 valence electrons. The number of benzene rings is 3. The minimum Gasteiger partial charge on any atom is -0.489 e. The highest BCUT2D eigenvalue weighted by Crippen LogP contribution is 2.22. The summed E-state index contributed by atoms with van der Waals surface area (Å²) < 4.78 is 5.83. The number of rotatable bonds is 5. The van der Waals surface area contributed by atoms with Crippen molar-refractivity contribution in [2.24, 2.45) is 4.99 Å². The Balaban J connectivity index is 1.67. The van der Waals surface area contributed by atoms with E-state index in [0.29, 0.717) is 6.61 Å². The first kappa shape index (κ1) is 17.5. The van der Waals surface area contributed by atoms with Crippen LogP contribution in [0.4, 0.5) is 5.69 Å². The lowest BCUT2D eigenvalue weighted by Crippen LogP contribution is -1.95. The van der Waals surface area contributed by atoms with Crippen LogP contribution >= 0.6 is 23.2 Å². The number of ether oxygens (including phenoxy) is 1. The third kappa shape index (κ3) is 5.09. The summed E-state index contributed by atoms with van der Waals surface area (Å²) in [5, 5.41) is 1.44. The van der Waals surface area contributed by atoms with Gasteiger partial charge in [0.1, 0.15) is 12.4 Å². The molecule has 0 fully saturated rings. The fourth-order valence-corrected chi connectivity index (χ4v) is 2.54. The van der Waals surface area contributed by atoms with Crippen molar-refractivity contribution in [2.75, 3.05) is 0 Å². The second-order valence-corrected chi connectivity index (χ2v) is 6.52. The molecule has 0 aromatic heterocycles. The van der Waals surface area contributed by atoms with Gasteiger partial charge >= 0.3 is 0 Å². The Labute approximate surface area is 157 Å². The van der Waals surface area contributed by atoms with Gasteiger partial charge in [0.05, 0.1) is 5.69 Å². The molecule has 0 radical (unpaired) electrons. The largest absolute Gasteiger partial charge is 0.489 e. The quantitative estimate of drug-likeness (QED) is 0.462. The summed E-state index contributed by atoms with van der Waals surface area (Å²) >= 11 is 12.0. The molecule has 0 aliphatic carbocycles. The van der Waals surface area contributed by atoms with E-state index in [4.69, 9.17) is 27.9 Å². The summed E-state index contributed by atoms with van der Waals surface area (Å²) in [4.78, 5) is 4.47. The average Bonchev–Trinajstić information content (AvgIpc) is 2.63. The first-order valence-corrected chi connectivity index (χ1v) is 8.63. The van der Waals surface area contributed by atoms with Crippen LogP contribution in [0.5, 0.6) is 5.75 Å². The number of aryl methyl sites for hydroxylation is 1. The van der Waals surface area contributed by atoms with Crippen molar-refractivity contribution in [3.05, 3.63) is 93.5 Å². The van der Waals surface area contributed by atoms with Crippen molar-refractivity contribution in [3.8, 4) is 5.75 Å². The molecular formula is C21H17Cl2NO. The Bertz CT molecular complexity index is 889. The van der Waals surface area contributed by atoms with Gasteiger partial charge in [-0.2, -0.15) is 0 Å². The SMILES string of the molecule is Cc1ccc(N=Cc2cccc(OCc3ccc(Cl)cc3)c2)cc1Cl. The molecule has 25 heavy (non-hydrogen) atoms. The van der Waals surface area contributed by atoms with Crippen LogP contribution in [0.3, 0.4) is 0 Å². The van der Waals surface area contributed by atoms with Gasteiger partial charge in [-0.1, -0.05) is 53.5 Å². The van der Waals surface area contributed by atoms with Crippen molar-refractivity contribution in [3.63, 3.8) is 0 Å². The van der Waals surface area contributed by atoms with Gasteiger partial charge in [0, 0.05) is 16.3 Å². The minimum atomic E-state index is 0.491. The zero-order valence-corrected chi connectivity index (χ0v) is 15.3. The summed E-state index contributed by atoms with van der Waals surface area (Å²) in [7, 11) is 0. The molecular weight excluding hydrogens is 353 g/mol. The van der Waals surface area contributed by atoms with Crippen LogP contribution in [-0.4, -0.2) is 6.21 Å². The van der Waals surface area contributed by atoms with Crippen LogP contribution in [-0.2, 0) is 6.61 Å². The minimum absolute atomic E-state index is 0.491. The molecule has 2 nitrogen and oxygen atoms in total. The maximum absolute atomic E-state index is 6.13. The monoisotopic (exact) mass is 369 g/mol. The molecule has 3 rings (SSSR count). The fraction of sp³-hybridized carbons (Fsp3) is 0.0952. The Hall–Kier alpha value is -2.29. The third-order valence-corrected chi connectivity index (χ3v) is 4.35. The van der Waals surface area contributed by atoms with E-state index in [9.17, 15) is 0 Å². The molecule has 0 aliphatic heterocycles. The molecule has 0 amide bonds. The van der Waals surface area contributed by atoms with Crippen LogP contribution < -0.4 is 4.74 Å². The third-order valence-electron chi connectivity index (χ3n) is 3.69. The molecule has 0 atom stereocenters. The van der Waals surface area contributed by atoms with Gasteiger partial charge in [-0.15, -0.1) is 0 Å². The Kier molecular flexibility index (Phi) is 5.75. The lowest BCUT2D eigenvalue weighted by Gasteiger charge is -2.07. The molecule has 0 spiro atoms. The fourth-order valence-electron chi connectivity index (χ4n) is 2.24. The van der Waals surface area contributed by atoms with Crippen LogP contribution in [0.25, 0.3) is 0 Å². The molecule has 0 N–H and O–H groups in total. The highest BCUT2D eigenvalue weighted by atomic mass is 35.5. The molecule has 0 bridgehead atoms. The van der Waals surface area contributed by atoms with E-state index in [2.05, 4.69) is 4.99 Å². The van der Waals surface area contributed by atoms with Gasteiger partial charge in [0.2, 0.25) is 0 Å². The molecule has 3 aromatic rings. The van der Waals surface area contributed by atoms with Crippen molar-refractivity contribution < 1.29 is 4.74 Å². The van der Waals surface area contributed by atoms with Crippen LogP contribution in [0.15, 0.2) is 71.7 Å². The van der Waals surface area contributed by atoms with E-state index in [0.717, 1.165) is 38.2 Å². The van der Waals surface area contributed by atoms with E-state index in [-0.39, 0.29) is 0 Å². The summed E-state index contributed by atoms with van der Waals surface area (Å²) in [6, 6.07) is 21.2. The summed E-state index contributed by atoms with van der Waals surface area (Å²) in [5.74, 6) is 0.792. The second-order valence-electron chi connectivity index (χ2n) is 5.68. The predicted molar refractivity (Wildman–Crippen MR) is 106 cm³/mol. The Morgan fingerprint density at radius 2 is 1.76 bits per heavy atom. The highest BCUT2D eigenvalue weighted by molar-refractivity contribution is 6.31. The van der Waals surface area contributed by atoms with Crippen molar-refractivity contribution in [2.45, 2.75) is 13.5 Å². The Morgan fingerprint density at radius 1 is 0.960 bits per heavy atom. The summed E-state index contributed by atoms with van der Waals surface area (Å²) in [6.45, 7) is 2.46. The van der Waals surface area contributed by atoms with Crippen molar-refractivity contribution >= 4 is 35.1 Å². The molecule has 0 saturated carbocycles. The number of halogens is 2.